The molecule has 2 aromatic rings. The molecule has 0 fully saturated rings. The van der Waals surface area contributed by atoms with Crippen LogP contribution in [0.25, 0.3) is 0 Å². The van der Waals surface area contributed by atoms with Gasteiger partial charge in [0.15, 0.2) is 0 Å². The first-order valence-electron chi connectivity index (χ1n) is 5.99. The van der Waals surface area contributed by atoms with Gasteiger partial charge >= 0.3 is 0 Å². The molecule has 2 aromatic heterocycles. The van der Waals surface area contributed by atoms with E-state index in [0.717, 1.165) is 19.4 Å². The molecule has 3 nitrogen and oxygen atoms in total. The zero-order valence-corrected chi connectivity index (χ0v) is 9.63. The minimum absolute atomic E-state index is 0.402. The Kier molecular flexibility index (Phi) is 2.84. The Bertz CT molecular complexity index is 496. The van der Waals surface area contributed by atoms with Gasteiger partial charge in [-0.15, -0.1) is 0 Å². The minimum Gasteiger partial charge on any atom is -0.304 e. The third-order valence-corrected chi connectivity index (χ3v) is 3.26. The van der Waals surface area contributed by atoms with Crippen LogP contribution in [0.1, 0.15) is 29.3 Å². The van der Waals surface area contributed by atoms with E-state index in [4.69, 9.17) is 0 Å². The van der Waals surface area contributed by atoms with Gasteiger partial charge in [-0.2, -0.15) is 0 Å². The van der Waals surface area contributed by atoms with Crippen molar-refractivity contribution in [3.8, 4) is 0 Å². The summed E-state index contributed by atoms with van der Waals surface area (Å²) in [4.78, 5) is 8.50. The van der Waals surface area contributed by atoms with E-state index < -0.39 is 0 Å². The zero-order valence-electron chi connectivity index (χ0n) is 9.63. The van der Waals surface area contributed by atoms with Gasteiger partial charge in [-0.25, -0.2) is 0 Å². The molecule has 17 heavy (non-hydrogen) atoms. The summed E-state index contributed by atoms with van der Waals surface area (Å²) in [5.74, 6) is 0. The molecule has 0 aliphatic heterocycles. The van der Waals surface area contributed by atoms with Gasteiger partial charge in [0, 0.05) is 25.1 Å². The second-order valence-electron chi connectivity index (χ2n) is 4.38. The molecular formula is C14H15N3. The summed E-state index contributed by atoms with van der Waals surface area (Å²) in [6.45, 7) is 0.878. The molecule has 1 unspecified atom stereocenters. The summed E-state index contributed by atoms with van der Waals surface area (Å²) in [5, 5.41) is 3.56. The SMILES string of the molecule is c1cnc2c(c1)CCC2NCc1ccncc1. The summed E-state index contributed by atoms with van der Waals surface area (Å²) in [6, 6.07) is 8.68. The minimum atomic E-state index is 0.402. The lowest BCUT2D eigenvalue weighted by molar-refractivity contribution is 0.521. The Morgan fingerprint density at radius 1 is 1.18 bits per heavy atom. The molecule has 2 heterocycles. The third kappa shape index (κ3) is 2.19. The van der Waals surface area contributed by atoms with Gasteiger partial charge in [-0.1, -0.05) is 6.07 Å². The molecule has 0 saturated heterocycles. The smallest absolute Gasteiger partial charge is 0.0605 e. The highest BCUT2D eigenvalue weighted by molar-refractivity contribution is 5.28. The van der Waals surface area contributed by atoms with E-state index in [1.165, 1.54) is 16.8 Å². The van der Waals surface area contributed by atoms with Gasteiger partial charge in [-0.3, -0.25) is 9.97 Å². The molecule has 0 saturated carbocycles. The van der Waals surface area contributed by atoms with E-state index in [-0.39, 0.29) is 0 Å². The maximum absolute atomic E-state index is 4.48. The molecule has 0 aromatic carbocycles. The quantitative estimate of drug-likeness (QED) is 0.870. The predicted molar refractivity (Wildman–Crippen MR) is 66.4 cm³/mol. The monoisotopic (exact) mass is 225 g/mol. The largest absolute Gasteiger partial charge is 0.304 e. The number of nitrogens with zero attached hydrogens (tertiary/aromatic N) is 2. The lowest BCUT2D eigenvalue weighted by Crippen LogP contribution is -2.19. The molecule has 1 aliphatic rings. The lowest BCUT2D eigenvalue weighted by Gasteiger charge is -2.12. The van der Waals surface area contributed by atoms with Crippen molar-refractivity contribution in [1.29, 1.82) is 0 Å². The van der Waals surface area contributed by atoms with Gasteiger partial charge in [0.25, 0.3) is 0 Å². The molecular weight excluding hydrogens is 210 g/mol. The number of hydrogen-bond acceptors (Lipinski definition) is 3. The van der Waals surface area contributed by atoms with Crippen LogP contribution >= 0.6 is 0 Å². The fourth-order valence-electron chi connectivity index (χ4n) is 2.35. The van der Waals surface area contributed by atoms with Gasteiger partial charge in [0.2, 0.25) is 0 Å². The van der Waals surface area contributed by atoms with Gasteiger partial charge in [-0.05, 0) is 42.2 Å². The Labute approximate surface area is 101 Å². The Balaban J connectivity index is 1.68. The van der Waals surface area contributed by atoms with Crippen molar-refractivity contribution >= 4 is 0 Å². The summed E-state index contributed by atoms with van der Waals surface area (Å²) >= 11 is 0. The fraction of sp³-hybridized carbons (Fsp3) is 0.286. The number of fused-ring (bicyclic) bond motifs is 1. The molecule has 0 amide bonds. The highest BCUT2D eigenvalue weighted by Gasteiger charge is 2.22. The van der Waals surface area contributed by atoms with Crippen LogP contribution in [0.3, 0.4) is 0 Å². The molecule has 3 rings (SSSR count). The molecule has 0 spiro atoms. The van der Waals surface area contributed by atoms with E-state index in [1.54, 1.807) is 0 Å². The maximum Gasteiger partial charge on any atom is 0.0605 e. The third-order valence-electron chi connectivity index (χ3n) is 3.26. The first-order chi connectivity index (χ1) is 8.43. The number of nitrogens with one attached hydrogen (secondary N) is 1. The van der Waals surface area contributed by atoms with Crippen LogP contribution in [0.5, 0.6) is 0 Å². The summed E-state index contributed by atoms with van der Waals surface area (Å²) < 4.78 is 0. The topological polar surface area (TPSA) is 37.8 Å². The van der Waals surface area contributed by atoms with Crippen LogP contribution in [-0.4, -0.2) is 9.97 Å². The highest BCUT2D eigenvalue weighted by Crippen LogP contribution is 2.28. The number of pyridine rings is 2. The van der Waals surface area contributed by atoms with E-state index in [9.17, 15) is 0 Å². The zero-order chi connectivity index (χ0) is 11.5. The molecule has 1 atom stereocenters. The van der Waals surface area contributed by atoms with Crippen molar-refractivity contribution in [2.24, 2.45) is 0 Å². The first-order valence-corrected chi connectivity index (χ1v) is 5.99. The number of aromatic nitrogens is 2. The van der Waals surface area contributed by atoms with Crippen LogP contribution in [0, 0.1) is 0 Å². The molecule has 0 radical (unpaired) electrons. The van der Waals surface area contributed by atoms with Crippen LogP contribution in [0.4, 0.5) is 0 Å². The molecule has 0 bridgehead atoms. The summed E-state index contributed by atoms with van der Waals surface area (Å²) in [6.07, 6.45) is 7.83. The van der Waals surface area contributed by atoms with E-state index in [0.29, 0.717) is 6.04 Å². The molecule has 3 heteroatoms. The van der Waals surface area contributed by atoms with E-state index in [1.807, 2.05) is 36.8 Å². The van der Waals surface area contributed by atoms with Crippen LogP contribution in [0.2, 0.25) is 0 Å². The second-order valence-corrected chi connectivity index (χ2v) is 4.38. The number of rotatable bonds is 3. The maximum atomic E-state index is 4.48. The summed E-state index contributed by atoms with van der Waals surface area (Å²) in [5.41, 5.74) is 3.88. The van der Waals surface area contributed by atoms with E-state index in [2.05, 4.69) is 21.4 Å². The second kappa shape index (κ2) is 4.63. The average molecular weight is 225 g/mol. The van der Waals surface area contributed by atoms with Gasteiger partial charge in [0.05, 0.1) is 11.7 Å². The Morgan fingerprint density at radius 2 is 2.06 bits per heavy atom. The van der Waals surface area contributed by atoms with Crippen LogP contribution < -0.4 is 5.32 Å². The lowest BCUT2D eigenvalue weighted by atomic mass is 10.2. The standard InChI is InChI=1S/C14H15N3/c1-2-12-3-4-13(14(12)16-7-1)17-10-11-5-8-15-9-6-11/h1-2,5-9,13,17H,3-4,10H2. The Hall–Kier alpha value is -1.74. The van der Waals surface area contributed by atoms with Crippen LogP contribution in [-0.2, 0) is 13.0 Å². The summed E-state index contributed by atoms with van der Waals surface area (Å²) in [7, 11) is 0. The Morgan fingerprint density at radius 3 is 2.94 bits per heavy atom. The first kappa shape index (κ1) is 10.4. The predicted octanol–water partition coefficient (Wildman–Crippen LogP) is 2.25. The van der Waals surface area contributed by atoms with Crippen molar-refractivity contribution < 1.29 is 0 Å². The van der Waals surface area contributed by atoms with Gasteiger partial charge < -0.3 is 5.32 Å². The van der Waals surface area contributed by atoms with Crippen molar-refractivity contribution in [3.63, 3.8) is 0 Å². The molecule has 1 N–H and O–H groups in total. The average Bonchev–Trinajstić information content (AvgIpc) is 2.81. The van der Waals surface area contributed by atoms with E-state index >= 15 is 0 Å². The van der Waals surface area contributed by atoms with Crippen molar-refractivity contribution in [1.82, 2.24) is 15.3 Å². The van der Waals surface area contributed by atoms with Gasteiger partial charge in [0.1, 0.15) is 0 Å². The number of hydrogen-bond donors (Lipinski definition) is 1. The molecule has 86 valence electrons. The number of aryl methyl sites for hydroxylation is 1. The van der Waals surface area contributed by atoms with Crippen molar-refractivity contribution in [2.75, 3.05) is 0 Å². The van der Waals surface area contributed by atoms with Crippen LogP contribution in [0.15, 0.2) is 42.9 Å². The van der Waals surface area contributed by atoms with Crippen molar-refractivity contribution in [3.05, 3.63) is 59.7 Å². The fourth-order valence-corrected chi connectivity index (χ4v) is 2.35. The highest BCUT2D eigenvalue weighted by atomic mass is 14.9. The molecule has 1 aliphatic carbocycles. The normalized spacial score (nSPS) is 18.0. The van der Waals surface area contributed by atoms with Crippen molar-refractivity contribution in [2.45, 2.75) is 25.4 Å².